The van der Waals surface area contributed by atoms with Gasteiger partial charge in [0, 0.05) is 17.3 Å². The number of nitrogens with two attached hydrogens (primary N) is 1. The lowest BCUT2D eigenvalue weighted by Crippen LogP contribution is -2.32. The van der Waals surface area contributed by atoms with E-state index >= 15 is 0 Å². The zero-order valence-electron chi connectivity index (χ0n) is 13.4. The van der Waals surface area contributed by atoms with Gasteiger partial charge in [0.25, 0.3) is 5.91 Å². The lowest BCUT2D eigenvalue weighted by molar-refractivity contribution is 0.0938. The Kier molecular flexibility index (Phi) is 7.42. The summed E-state index contributed by atoms with van der Waals surface area (Å²) in [5.41, 5.74) is 8.14. The van der Waals surface area contributed by atoms with Crippen LogP contribution in [0, 0.1) is 0 Å². The van der Waals surface area contributed by atoms with Gasteiger partial charge in [-0.3, -0.25) is 4.79 Å². The first kappa shape index (κ1) is 18.8. The number of aryl methyl sites for hydroxylation is 1. The molecule has 0 saturated carbocycles. The average Bonchev–Trinajstić information content (AvgIpc) is 2.54. The van der Waals surface area contributed by atoms with Crippen LogP contribution in [-0.2, 0) is 6.42 Å². The van der Waals surface area contributed by atoms with E-state index in [1.54, 1.807) is 31.4 Å². The molecule has 0 radical (unpaired) electrons. The SMILES string of the molecule is COc1ccc(CCC(C)NC(=O)c2ccc(N)cc2)cc1.Cl. The Bertz CT molecular complexity index is 612. The predicted molar refractivity (Wildman–Crippen MR) is 96.3 cm³/mol. The number of anilines is 1. The maximum Gasteiger partial charge on any atom is 0.251 e. The van der Waals surface area contributed by atoms with Crippen molar-refractivity contribution in [1.29, 1.82) is 0 Å². The van der Waals surface area contributed by atoms with Crippen LogP contribution in [-0.4, -0.2) is 19.1 Å². The maximum absolute atomic E-state index is 12.1. The summed E-state index contributed by atoms with van der Waals surface area (Å²) in [5, 5.41) is 3.00. The summed E-state index contributed by atoms with van der Waals surface area (Å²) in [6.45, 7) is 2.01. The number of halogens is 1. The molecule has 0 fully saturated rings. The number of ether oxygens (including phenoxy) is 1. The standard InChI is InChI=1S/C18H22N2O2.ClH/c1-13(3-4-14-5-11-17(22-2)12-6-14)20-18(21)15-7-9-16(19)10-8-15;/h5-13H,3-4,19H2,1-2H3,(H,20,21);1H. The van der Waals surface area contributed by atoms with Gasteiger partial charge in [0.05, 0.1) is 7.11 Å². The highest BCUT2D eigenvalue weighted by Gasteiger charge is 2.09. The van der Waals surface area contributed by atoms with Gasteiger partial charge < -0.3 is 15.8 Å². The highest BCUT2D eigenvalue weighted by atomic mass is 35.5. The number of carbonyl (C=O) groups is 1. The fourth-order valence-corrected chi connectivity index (χ4v) is 2.19. The van der Waals surface area contributed by atoms with Crippen LogP contribution in [0.3, 0.4) is 0 Å². The Morgan fingerprint density at radius 1 is 1.13 bits per heavy atom. The van der Waals surface area contributed by atoms with E-state index in [9.17, 15) is 4.79 Å². The normalized spacial score (nSPS) is 11.2. The molecule has 0 bridgehead atoms. The second kappa shape index (κ2) is 9.06. The minimum absolute atomic E-state index is 0. The van der Waals surface area contributed by atoms with Gasteiger partial charge in [-0.2, -0.15) is 0 Å². The monoisotopic (exact) mass is 334 g/mol. The molecule has 2 aromatic rings. The van der Waals surface area contributed by atoms with Crippen LogP contribution in [0.2, 0.25) is 0 Å². The number of benzene rings is 2. The summed E-state index contributed by atoms with van der Waals surface area (Å²) in [7, 11) is 1.66. The van der Waals surface area contributed by atoms with Gasteiger partial charge in [-0.25, -0.2) is 0 Å². The Labute approximate surface area is 143 Å². The topological polar surface area (TPSA) is 64.3 Å². The summed E-state index contributed by atoms with van der Waals surface area (Å²) in [5.74, 6) is 0.788. The zero-order valence-corrected chi connectivity index (χ0v) is 14.2. The molecule has 1 amide bonds. The highest BCUT2D eigenvalue weighted by molar-refractivity contribution is 5.94. The second-order valence-corrected chi connectivity index (χ2v) is 5.38. The van der Waals surface area contributed by atoms with Crippen LogP contribution < -0.4 is 15.8 Å². The van der Waals surface area contributed by atoms with Crippen molar-refractivity contribution < 1.29 is 9.53 Å². The van der Waals surface area contributed by atoms with E-state index in [1.807, 2.05) is 31.2 Å². The van der Waals surface area contributed by atoms with Gasteiger partial charge in [-0.1, -0.05) is 12.1 Å². The molecule has 0 saturated heterocycles. The number of methoxy groups -OCH3 is 1. The number of hydrogen-bond acceptors (Lipinski definition) is 3. The summed E-state index contributed by atoms with van der Waals surface area (Å²) in [6.07, 6.45) is 1.79. The Morgan fingerprint density at radius 3 is 2.30 bits per heavy atom. The molecule has 2 aromatic carbocycles. The van der Waals surface area contributed by atoms with Crippen LogP contribution in [0.25, 0.3) is 0 Å². The van der Waals surface area contributed by atoms with Crippen molar-refractivity contribution in [3.05, 3.63) is 59.7 Å². The van der Waals surface area contributed by atoms with E-state index in [4.69, 9.17) is 10.5 Å². The van der Waals surface area contributed by atoms with E-state index < -0.39 is 0 Å². The van der Waals surface area contributed by atoms with Crippen LogP contribution in [0.4, 0.5) is 5.69 Å². The smallest absolute Gasteiger partial charge is 0.251 e. The molecular weight excluding hydrogens is 312 g/mol. The number of amides is 1. The van der Waals surface area contributed by atoms with Gasteiger partial charge in [-0.15, -0.1) is 12.4 Å². The molecule has 4 nitrogen and oxygen atoms in total. The number of nitrogen functional groups attached to an aromatic ring is 1. The largest absolute Gasteiger partial charge is 0.497 e. The van der Waals surface area contributed by atoms with Gasteiger partial charge in [-0.05, 0) is 61.7 Å². The van der Waals surface area contributed by atoms with E-state index in [2.05, 4.69) is 5.32 Å². The first-order valence-electron chi connectivity index (χ1n) is 7.38. The highest BCUT2D eigenvalue weighted by Crippen LogP contribution is 2.13. The number of rotatable bonds is 6. The predicted octanol–water partition coefficient (Wildman–Crippen LogP) is 3.45. The minimum Gasteiger partial charge on any atom is -0.497 e. The molecule has 0 spiro atoms. The Morgan fingerprint density at radius 2 is 1.74 bits per heavy atom. The molecule has 0 heterocycles. The van der Waals surface area contributed by atoms with Gasteiger partial charge in [0.2, 0.25) is 0 Å². The summed E-state index contributed by atoms with van der Waals surface area (Å²) < 4.78 is 5.14. The summed E-state index contributed by atoms with van der Waals surface area (Å²) >= 11 is 0. The van der Waals surface area contributed by atoms with E-state index in [1.165, 1.54) is 5.56 Å². The van der Waals surface area contributed by atoms with Gasteiger partial charge in [0.15, 0.2) is 0 Å². The van der Waals surface area contributed by atoms with Crippen molar-refractivity contribution in [2.75, 3.05) is 12.8 Å². The van der Waals surface area contributed by atoms with Crippen LogP contribution in [0.5, 0.6) is 5.75 Å². The van der Waals surface area contributed by atoms with Crippen LogP contribution in [0.15, 0.2) is 48.5 Å². The molecular formula is C18H23ClN2O2. The Hall–Kier alpha value is -2.20. The molecule has 0 aliphatic carbocycles. The molecule has 0 aromatic heterocycles. The molecule has 0 aliphatic rings. The van der Waals surface area contributed by atoms with Crippen molar-refractivity contribution in [2.24, 2.45) is 0 Å². The summed E-state index contributed by atoms with van der Waals surface area (Å²) in [6, 6.07) is 15.0. The van der Waals surface area contributed by atoms with Crippen molar-refractivity contribution in [3.63, 3.8) is 0 Å². The minimum atomic E-state index is -0.0674. The van der Waals surface area contributed by atoms with Gasteiger partial charge >= 0.3 is 0 Å². The molecule has 5 heteroatoms. The van der Waals surface area contributed by atoms with Gasteiger partial charge in [0.1, 0.15) is 5.75 Å². The third-order valence-corrected chi connectivity index (χ3v) is 3.58. The first-order valence-corrected chi connectivity index (χ1v) is 7.38. The second-order valence-electron chi connectivity index (χ2n) is 5.38. The lowest BCUT2D eigenvalue weighted by Gasteiger charge is -2.14. The van der Waals surface area contributed by atoms with E-state index in [0.717, 1.165) is 18.6 Å². The van der Waals surface area contributed by atoms with Crippen molar-refractivity contribution >= 4 is 24.0 Å². The average molecular weight is 335 g/mol. The molecule has 2 rings (SSSR count). The number of nitrogens with one attached hydrogen (secondary N) is 1. The van der Waals surface area contributed by atoms with Crippen LogP contribution >= 0.6 is 12.4 Å². The number of carbonyl (C=O) groups excluding carboxylic acids is 1. The van der Waals surface area contributed by atoms with E-state index in [-0.39, 0.29) is 24.4 Å². The molecule has 23 heavy (non-hydrogen) atoms. The van der Waals surface area contributed by atoms with Crippen molar-refractivity contribution in [3.8, 4) is 5.75 Å². The summed E-state index contributed by atoms with van der Waals surface area (Å²) in [4.78, 5) is 12.1. The molecule has 1 unspecified atom stereocenters. The van der Waals surface area contributed by atoms with Crippen molar-refractivity contribution in [2.45, 2.75) is 25.8 Å². The molecule has 0 aliphatic heterocycles. The van der Waals surface area contributed by atoms with Crippen molar-refractivity contribution in [1.82, 2.24) is 5.32 Å². The lowest BCUT2D eigenvalue weighted by atomic mass is 10.1. The maximum atomic E-state index is 12.1. The first-order chi connectivity index (χ1) is 10.6. The number of hydrogen-bond donors (Lipinski definition) is 2. The third kappa shape index (κ3) is 5.83. The Balaban J connectivity index is 0.00000264. The fraction of sp³-hybridized carbons (Fsp3) is 0.278. The molecule has 124 valence electrons. The third-order valence-electron chi connectivity index (χ3n) is 3.58. The quantitative estimate of drug-likeness (QED) is 0.795. The zero-order chi connectivity index (χ0) is 15.9. The molecule has 1 atom stereocenters. The van der Waals surface area contributed by atoms with Crippen LogP contribution in [0.1, 0.15) is 29.3 Å². The fourth-order valence-electron chi connectivity index (χ4n) is 2.19. The van der Waals surface area contributed by atoms with E-state index in [0.29, 0.717) is 11.3 Å². The molecule has 3 N–H and O–H groups in total.